The fourth-order valence-electron chi connectivity index (χ4n) is 5.05. The van der Waals surface area contributed by atoms with Gasteiger partial charge in [0.2, 0.25) is 5.91 Å². The summed E-state index contributed by atoms with van der Waals surface area (Å²) in [7, 11) is 0. The second-order valence-corrected chi connectivity index (χ2v) is 9.32. The average Bonchev–Trinajstić information content (AvgIpc) is 3.53. The Labute approximate surface area is 202 Å². The van der Waals surface area contributed by atoms with Crippen molar-refractivity contribution >= 4 is 22.8 Å². The molecule has 8 nitrogen and oxygen atoms in total. The van der Waals surface area contributed by atoms with Gasteiger partial charge in [-0.1, -0.05) is 61.4 Å². The van der Waals surface area contributed by atoms with Crippen molar-refractivity contribution in [3.63, 3.8) is 0 Å². The summed E-state index contributed by atoms with van der Waals surface area (Å²) < 4.78 is 4.46. The van der Waals surface area contributed by atoms with E-state index in [1.54, 1.807) is 6.33 Å². The first-order valence-electron chi connectivity index (χ1n) is 12.0. The summed E-state index contributed by atoms with van der Waals surface area (Å²) in [5, 5.41) is 2.89. The Bertz CT molecular complexity index is 1490. The number of hydrogen-bond donors (Lipinski definition) is 1. The quantitative estimate of drug-likeness (QED) is 0.463. The Morgan fingerprint density at radius 3 is 2.34 bits per heavy atom. The van der Waals surface area contributed by atoms with Crippen molar-refractivity contribution in [3.8, 4) is 0 Å². The van der Waals surface area contributed by atoms with Crippen LogP contribution in [0.2, 0.25) is 0 Å². The molecule has 5 rings (SSSR count). The maximum absolute atomic E-state index is 13.6. The number of amides is 1. The Hall–Kier alpha value is -3.94. The van der Waals surface area contributed by atoms with E-state index in [-0.39, 0.29) is 19.1 Å². The number of anilines is 1. The number of carbonyl (C=O) groups excluding carboxylic acids is 1. The number of fused-ring (bicyclic) bond motifs is 1. The third-order valence-electron chi connectivity index (χ3n) is 6.89. The van der Waals surface area contributed by atoms with Gasteiger partial charge in [-0.3, -0.25) is 14.2 Å². The van der Waals surface area contributed by atoms with Crippen LogP contribution < -0.4 is 16.6 Å². The van der Waals surface area contributed by atoms with Crippen LogP contribution in [0.15, 0.2) is 64.4 Å². The van der Waals surface area contributed by atoms with Gasteiger partial charge in [-0.2, -0.15) is 0 Å². The van der Waals surface area contributed by atoms with Gasteiger partial charge in [0.05, 0.1) is 12.9 Å². The molecule has 2 aromatic heterocycles. The zero-order valence-electron chi connectivity index (χ0n) is 20.0. The molecule has 1 saturated carbocycles. The van der Waals surface area contributed by atoms with Gasteiger partial charge in [-0.05, 0) is 43.4 Å². The normalized spacial score (nSPS) is 14.0. The highest BCUT2D eigenvalue weighted by atomic mass is 16.2. The van der Waals surface area contributed by atoms with E-state index < -0.39 is 17.2 Å². The van der Waals surface area contributed by atoms with Gasteiger partial charge in [0.1, 0.15) is 6.54 Å². The Morgan fingerprint density at radius 1 is 0.971 bits per heavy atom. The molecular formula is C27H29N5O3. The minimum absolute atomic E-state index is 0.173. The zero-order valence-corrected chi connectivity index (χ0v) is 20.0. The summed E-state index contributed by atoms with van der Waals surface area (Å²) in [6.07, 6.45) is 5.80. The van der Waals surface area contributed by atoms with Crippen LogP contribution in [0.5, 0.6) is 0 Å². The number of aryl methyl sites for hydroxylation is 2. The van der Waals surface area contributed by atoms with Gasteiger partial charge in [0.25, 0.3) is 5.56 Å². The molecule has 0 unspecified atom stereocenters. The van der Waals surface area contributed by atoms with Crippen LogP contribution in [0.1, 0.15) is 48.4 Å². The van der Waals surface area contributed by atoms with E-state index in [0.717, 1.165) is 46.9 Å². The molecule has 1 fully saturated rings. The Kier molecular flexibility index (Phi) is 6.11. The lowest BCUT2D eigenvalue weighted by atomic mass is 10.1. The predicted octanol–water partition coefficient (Wildman–Crippen LogP) is 3.78. The molecule has 1 amide bonds. The van der Waals surface area contributed by atoms with Crippen LogP contribution in [-0.2, 0) is 17.9 Å². The van der Waals surface area contributed by atoms with Crippen LogP contribution in [0.25, 0.3) is 11.2 Å². The summed E-state index contributed by atoms with van der Waals surface area (Å²) in [4.78, 5) is 44.7. The Balaban J connectivity index is 1.60. The fourth-order valence-corrected chi connectivity index (χ4v) is 5.05. The lowest BCUT2D eigenvalue weighted by Crippen LogP contribution is -2.43. The van der Waals surface area contributed by atoms with Gasteiger partial charge in [-0.15, -0.1) is 0 Å². The van der Waals surface area contributed by atoms with Gasteiger partial charge in [0.15, 0.2) is 11.2 Å². The molecule has 2 aromatic carbocycles. The number of aromatic nitrogens is 4. The minimum Gasteiger partial charge on any atom is -0.324 e. The number of rotatable bonds is 6. The second kappa shape index (κ2) is 9.37. The molecule has 0 atom stereocenters. The first-order chi connectivity index (χ1) is 16.9. The van der Waals surface area contributed by atoms with Gasteiger partial charge < -0.3 is 9.88 Å². The van der Waals surface area contributed by atoms with Crippen molar-refractivity contribution in [1.82, 2.24) is 18.7 Å². The first kappa shape index (κ1) is 22.8. The molecular weight excluding hydrogens is 442 g/mol. The van der Waals surface area contributed by atoms with E-state index in [0.29, 0.717) is 16.9 Å². The second-order valence-electron chi connectivity index (χ2n) is 9.32. The van der Waals surface area contributed by atoms with Crippen LogP contribution in [0.4, 0.5) is 5.69 Å². The third-order valence-corrected chi connectivity index (χ3v) is 6.89. The van der Waals surface area contributed by atoms with Crippen molar-refractivity contribution in [2.45, 2.75) is 58.7 Å². The summed E-state index contributed by atoms with van der Waals surface area (Å²) in [5.74, 6) is -0.417. The van der Waals surface area contributed by atoms with E-state index >= 15 is 0 Å². The molecule has 1 aliphatic carbocycles. The van der Waals surface area contributed by atoms with Gasteiger partial charge in [0, 0.05) is 11.7 Å². The van der Waals surface area contributed by atoms with E-state index in [1.807, 2.05) is 66.9 Å². The molecule has 0 bridgehead atoms. The minimum atomic E-state index is -0.542. The van der Waals surface area contributed by atoms with Crippen molar-refractivity contribution < 1.29 is 4.79 Å². The summed E-state index contributed by atoms with van der Waals surface area (Å²) in [6, 6.07) is 15.5. The summed E-state index contributed by atoms with van der Waals surface area (Å²) in [5.41, 5.74) is 3.18. The topological polar surface area (TPSA) is 90.9 Å². The lowest BCUT2D eigenvalue weighted by molar-refractivity contribution is -0.116. The lowest BCUT2D eigenvalue weighted by Gasteiger charge is -2.16. The highest BCUT2D eigenvalue weighted by Crippen LogP contribution is 2.31. The number of nitrogens with zero attached hydrogens (tertiary/aromatic N) is 4. The molecule has 180 valence electrons. The smallest absolute Gasteiger partial charge is 0.324 e. The standard InChI is InChI=1S/C27H29N5O3/c1-18-9-8-10-19(2)23(18)29-22(33)16-31-26(34)24-25(28-17-32(24)21-13-6-7-14-21)30(27(31)35)15-20-11-4-3-5-12-20/h3-5,8-12,17,21H,6-7,13-16H2,1-2H3,(H,29,33). The molecule has 0 radical (unpaired) electrons. The molecule has 1 N–H and O–H groups in total. The van der Waals surface area contributed by atoms with Crippen LogP contribution in [-0.4, -0.2) is 24.6 Å². The van der Waals surface area contributed by atoms with Crippen LogP contribution in [0.3, 0.4) is 0 Å². The molecule has 1 aliphatic rings. The number of nitrogens with one attached hydrogen (secondary N) is 1. The number of imidazole rings is 1. The maximum Gasteiger partial charge on any atom is 0.333 e. The van der Waals surface area contributed by atoms with Crippen molar-refractivity contribution in [3.05, 3.63) is 92.4 Å². The number of hydrogen-bond acceptors (Lipinski definition) is 4. The average molecular weight is 472 g/mol. The molecule has 0 spiro atoms. The third kappa shape index (κ3) is 4.32. The van der Waals surface area contributed by atoms with Gasteiger partial charge in [-0.25, -0.2) is 14.3 Å². The zero-order chi connectivity index (χ0) is 24.5. The maximum atomic E-state index is 13.6. The Morgan fingerprint density at radius 2 is 1.66 bits per heavy atom. The van der Waals surface area contributed by atoms with Crippen molar-refractivity contribution in [1.29, 1.82) is 0 Å². The first-order valence-corrected chi connectivity index (χ1v) is 12.0. The van der Waals surface area contributed by atoms with E-state index in [4.69, 9.17) is 0 Å². The fraction of sp³-hybridized carbons (Fsp3) is 0.333. The van der Waals surface area contributed by atoms with Crippen molar-refractivity contribution in [2.75, 3.05) is 5.32 Å². The molecule has 0 aliphatic heterocycles. The predicted molar refractivity (Wildman–Crippen MR) is 136 cm³/mol. The van der Waals surface area contributed by atoms with Gasteiger partial charge >= 0.3 is 5.69 Å². The summed E-state index contributed by atoms with van der Waals surface area (Å²) in [6.45, 7) is 3.71. The number of benzene rings is 2. The largest absolute Gasteiger partial charge is 0.333 e. The van der Waals surface area contributed by atoms with E-state index in [2.05, 4.69) is 10.3 Å². The molecule has 35 heavy (non-hydrogen) atoms. The molecule has 8 heteroatoms. The molecule has 4 aromatic rings. The van der Waals surface area contributed by atoms with Crippen LogP contribution in [0, 0.1) is 13.8 Å². The monoisotopic (exact) mass is 471 g/mol. The van der Waals surface area contributed by atoms with E-state index in [9.17, 15) is 14.4 Å². The number of carbonyl (C=O) groups is 1. The van der Waals surface area contributed by atoms with Crippen LogP contribution >= 0.6 is 0 Å². The summed E-state index contributed by atoms with van der Waals surface area (Å²) >= 11 is 0. The molecule has 0 saturated heterocycles. The highest BCUT2D eigenvalue weighted by molar-refractivity contribution is 5.92. The van der Waals surface area contributed by atoms with E-state index in [1.165, 1.54) is 4.57 Å². The highest BCUT2D eigenvalue weighted by Gasteiger charge is 2.25. The SMILES string of the molecule is Cc1cccc(C)c1NC(=O)Cn1c(=O)c2c(ncn2C2CCCC2)n(Cc2ccccc2)c1=O. The molecule has 2 heterocycles. The van der Waals surface area contributed by atoms with Crippen molar-refractivity contribution in [2.24, 2.45) is 0 Å². The number of para-hydroxylation sites is 1.